The fourth-order valence-electron chi connectivity index (χ4n) is 2.36. The number of halogens is 2. The normalized spacial score (nSPS) is 15.2. The summed E-state index contributed by atoms with van der Waals surface area (Å²) in [6.45, 7) is 3.34. The molecule has 0 saturated carbocycles. The van der Waals surface area contributed by atoms with Gasteiger partial charge in [0.25, 0.3) is 0 Å². The van der Waals surface area contributed by atoms with Crippen molar-refractivity contribution in [2.24, 2.45) is 0 Å². The SMILES string of the molecule is CCOC(=O)N1CCC(NC(=O)Nc2ccc(Br)cc2Br)CC1. The molecule has 1 fully saturated rings. The number of nitrogens with one attached hydrogen (secondary N) is 2. The van der Waals surface area contributed by atoms with Gasteiger partial charge in [-0.25, -0.2) is 9.59 Å². The Balaban J connectivity index is 1.79. The number of carbonyl (C=O) groups is 2. The lowest BCUT2D eigenvalue weighted by Crippen LogP contribution is -2.47. The third-order valence-electron chi connectivity index (χ3n) is 3.54. The minimum Gasteiger partial charge on any atom is -0.450 e. The fraction of sp³-hybridized carbons (Fsp3) is 0.467. The van der Waals surface area contributed by atoms with E-state index in [9.17, 15) is 9.59 Å². The molecule has 3 amide bonds. The predicted octanol–water partition coefficient (Wildman–Crippen LogP) is 3.95. The van der Waals surface area contributed by atoms with Gasteiger partial charge in [-0.2, -0.15) is 0 Å². The van der Waals surface area contributed by atoms with Crippen molar-refractivity contribution >= 4 is 49.7 Å². The van der Waals surface area contributed by atoms with E-state index in [2.05, 4.69) is 42.5 Å². The van der Waals surface area contributed by atoms with Crippen LogP contribution in [-0.2, 0) is 4.74 Å². The van der Waals surface area contributed by atoms with Crippen LogP contribution in [0.25, 0.3) is 0 Å². The second-order valence-corrected chi connectivity index (χ2v) is 6.95. The number of nitrogens with zero attached hydrogens (tertiary/aromatic N) is 1. The molecule has 23 heavy (non-hydrogen) atoms. The molecule has 2 N–H and O–H groups in total. The van der Waals surface area contributed by atoms with Crippen LogP contribution >= 0.6 is 31.9 Å². The summed E-state index contributed by atoms with van der Waals surface area (Å²) >= 11 is 6.78. The Hall–Kier alpha value is -1.28. The highest BCUT2D eigenvalue weighted by atomic mass is 79.9. The van der Waals surface area contributed by atoms with Gasteiger partial charge >= 0.3 is 12.1 Å². The van der Waals surface area contributed by atoms with Gasteiger partial charge in [-0.3, -0.25) is 0 Å². The molecule has 0 atom stereocenters. The Labute approximate surface area is 152 Å². The number of hydrogen-bond acceptors (Lipinski definition) is 3. The molecular formula is C15H19Br2N3O3. The van der Waals surface area contributed by atoms with Crippen LogP contribution in [0.3, 0.4) is 0 Å². The minimum atomic E-state index is -0.283. The van der Waals surface area contributed by atoms with Gasteiger partial charge in [-0.1, -0.05) is 15.9 Å². The summed E-state index contributed by atoms with van der Waals surface area (Å²) < 4.78 is 6.71. The van der Waals surface area contributed by atoms with Crippen LogP contribution in [0.5, 0.6) is 0 Å². The van der Waals surface area contributed by atoms with E-state index in [1.807, 2.05) is 18.2 Å². The molecule has 126 valence electrons. The van der Waals surface area contributed by atoms with Crippen molar-refractivity contribution in [2.75, 3.05) is 25.0 Å². The van der Waals surface area contributed by atoms with Crippen molar-refractivity contribution in [3.05, 3.63) is 27.1 Å². The highest BCUT2D eigenvalue weighted by molar-refractivity contribution is 9.11. The lowest BCUT2D eigenvalue weighted by molar-refractivity contribution is 0.0959. The first kappa shape index (κ1) is 18.1. The molecule has 0 unspecified atom stereocenters. The molecule has 1 aliphatic heterocycles. The van der Waals surface area contributed by atoms with Gasteiger partial charge in [0.2, 0.25) is 0 Å². The molecule has 6 nitrogen and oxygen atoms in total. The number of benzene rings is 1. The fourth-order valence-corrected chi connectivity index (χ4v) is 3.50. The van der Waals surface area contributed by atoms with Gasteiger partial charge in [-0.15, -0.1) is 0 Å². The van der Waals surface area contributed by atoms with Crippen LogP contribution in [0.2, 0.25) is 0 Å². The molecule has 0 aliphatic carbocycles. The summed E-state index contributed by atoms with van der Waals surface area (Å²) in [5.74, 6) is 0. The first-order valence-corrected chi connectivity index (χ1v) is 9.02. The first-order valence-electron chi connectivity index (χ1n) is 7.44. The number of anilines is 1. The molecule has 0 spiro atoms. The Morgan fingerprint density at radius 2 is 2.00 bits per heavy atom. The third-order valence-corrected chi connectivity index (χ3v) is 4.68. The maximum atomic E-state index is 12.1. The van der Waals surface area contributed by atoms with E-state index in [1.165, 1.54) is 0 Å². The minimum absolute atomic E-state index is 0.0508. The summed E-state index contributed by atoms with van der Waals surface area (Å²) in [6, 6.07) is 5.35. The monoisotopic (exact) mass is 447 g/mol. The van der Waals surface area contributed by atoms with E-state index in [4.69, 9.17) is 4.74 Å². The molecule has 2 rings (SSSR count). The quantitative estimate of drug-likeness (QED) is 0.735. The van der Waals surface area contributed by atoms with Crippen LogP contribution < -0.4 is 10.6 Å². The van der Waals surface area contributed by atoms with Crippen LogP contribution in [0, 0.1) is 0 Å². The topological polar surface area (TPSA) is 70.7 Å². The van der Waals surface area contributed by atoms with Crippen LogP contribution in [0.4, 0.5) is 15.3 Å². The summed E-state index contributed by atoms with van der Waals surface area (Å²) in [5, 5.41) is 5.76. The second-order valence-electron chi connectivity index (χ2n) is 5.18. The molecule has 1 aliphatic rings. The smallest absolute Gasteiger partial charge is 0.409 e. The van der Waals surface area contributed by atoms with Crippen molar-refractivity contribution in [1.29, 1.82) is 0 Å². The van der Waals surface area contributed by atoms with Crippen LogP contribution in [-0.4, -0.2) is 42.8 Å². The summed E-state index contributed by atoms with van der Waals surface area (Å²) in [5.41, 5.74) is 0.703. The van der Waals surface area contributed by atoms with E-state index in [1.54, 1.807) is 11.8 Å². The van der Waals surface area contributed by atoms with Gasteiger partial charge in [0.05, 0.1) is 12.3 Å². The zero-order chi connectivity index (χ0) is 16.8. The van der Waals surface area contributed by atoms with Crippen molar-refractivity contribution < 1.29 is 14.3 Å². The molecule has 0 bridgehead atoms. The molecule has 1 aromatic rings. The number of likely N-dealkylation sites (tertiary alicyclic amines) is 1. The molecule has 0 radical (unpaired) electrons. The van der Waals surface area contributed by atoms with E-state index in [0.29, 0.717) is 38.2 Å². The Kier molecular flexibility index (Phi) is 6.71. The lowest BCUT2D eigenvalue weighted by atomic mass is 10.1. The number of ether oxygens (including phenoxy) is 1. The zero-order valence-electron chi connectivity index (χ0n) is 12.8. The van der Waals surface area contributed by atoms with Gasteiger partial charge in [0.1, 0.15) is 0 Å². The number of hydrogen-bond donors (Lipinski definition) is 2. The average Bonchev–Trinajstić information content (AvgIpc) is 2.51. The van der Waals surface area contributed by atoms with Crippen molar-refractivity contribution in [1.82, 2.24) is 10.2 Å². The summed E-state index contributed by atoms with van der Waals surface area (Å²) in [7, 11) is 0. The Morgan fingerprint density at radius 3 is 2.61 bits per heavy atom. The molecular weight excluding hydrogens is 430 g/mol. The van der Waals surface area contributed by atoms with Gasteiger partial charge in [0, 0.05) is 28.1 Å². The number of carbonyl (C=O) groups excluding carboxylic acids is 2. The standard InChI is InChI=1S/C15H19Br2N3O3/c1-2-23-15(22)20-7-5-11(6-8-20)18-14(21)19-13-4-3-10(16)9-12(13)17/h3-4,9,11H,2,5-8H2,1H3,(H2,18,19,21). The first-order chi connectivity index (χ1) is 11.0. The highest BCUT2D eigenvalue weighted by Crippen LogP contribution is 2.26. The maximum Gasteiger partial charge on any atom is 0.409 e. The van der Waals surface area contributed by atoms with Crippen molar-refractivity contribution in [2.45, 2.75) is 25.8 Å². The van der Waals surface area contributed by atoms with Crippen molar-refractivity contribution in [3.63, 3.8) is 0 Å². The van der Waals surface area contributed by atoms with Gasteiger partial charge in [-0.05, 0) is 53.9 Å². The van der Waals surface area contributed by atoms with Gasteiger partial charge in [0.15, 0.2) is 0 Å². The molecule has 1 saturated heterocycles. The predicted molar refractivity (Wildman–Crippen MR) is 95.6 cm³/mol. The van der Waals surface area contributed by atoms with E-state index >= 15 is 0 Å². The lowest BCUT2D eigenvalue weighted by Gasteiger charge is -2.31. The largest absolute Gasteiger partial charge is 0.450 e. The van der Waals surface area contributed by atoms with E-state index in [-0.39, 0.29) is 18.2 Å². The molecule has 1 heterocycles. The van der Waals surface area contributed by atoms with Crippen LogP contribution in [0.15, 0.2) is 27.1 Å². The Bertz CT molecular complexity index is 575. The van der Waals surface area contributed by atoms with Crippen LogP contribution in [0.1, 0.15) is 19.8 Å². The number of rotatable bonds is 3. The second kappa shape index (κ2) is 8.54. The Morgan fingerprint density at radius 1 is 1.30 bits per heavy atom. The molecule has 8 heteroatoms. The number of amides is 3. The zero-order valence-corrected chi connectivity index (χ0v) is 15.9. The molecule has 1 aromatic carbocycles. The highest BCUT2D eigenvalue weighted by Gasteiger charge is 2.24. The summed E-state index contributed by atoms with van der Waals surface area (Å²) in [4.78, 5) is 25.4. The average molecular weight is 449 g/mol. The van der Waals surface area contributed by atoms with Gasteiger partial charge < -0.3 is 20.3 Å². The third kappa shape index (κ3) is 5.39. The number of urea groups is 1. The van der Waals surface area contributed by atoms with E-state index in [0.717, 1.165) is 8.95 Å². The van der Waals surface area contributed by atoms with Crippen molar-refractivity contribution in [3.8, 4) is 0 Å². The number of piperidine rings is 1. The summed E-state index contributed by atoms with van der Waals surface area (Å²) in [6.07, 6.45) is 1.15. The molecule has 0 aromatic heterocycles. The maximum absolute atomic E-state index is 12.1. The van der Waals surface area contributed by atoms with E-state index < -0.39 is 0 Å².